The molecule has 0 bridgehead atoms. The largest absolute Gasteiger partial charge is 0.455 e. The molecule has 1 heterocycles. The van der Waals surface area contributed by atoms with Gasteiger partial charge in [0.05, 0.1) is 16.3 Å². The highest BCUT2D eigenvalue weighted by Crippen LogP contribution is 2.29. The molecule has 0 saturated carbocycles. The summed E-state index contributed by atoms with van der Waals surface area (Å²) in [4.78, 5) is 22.7. The zero-order valence-electron chi connectivity index (χ0n) is 12.4. The summed E-state index contributed by atoms with van der Waals surface area (Å²) in [6.45, 7) is 3.62. The van der Waals surface area contributed by atoms with Gasteiger partial charge in [-0.15, -0.1) is 6.58 Å². The van der Waals surface area contributed by atoms with Gasteiger partial charge in [-0.25, -0.2) is 5.43 Å². The van der Waals surface area contributed by atoms with E-state index >= 15 is 0 Å². The Morgan fingerprint density at radius 3 is 2.67 bits per heavy atom. The minimum absolute atomic E-state index is 0.196. The lowest BCUT2D eigenvalue weighted by molar-refractivity contribution is -0.139. The molecule has 24 heavy (non-hydrogen) atoms. The van der Waals surface area contributed by atoms with Crippen LogP contribution in [0.1, 0.15) is 5.76 Å². The molecule has 124 valence electrons. The van der Waals surface area contributed by atoms with E-state index in [0.29, 0.717) is 21.6 Å². The van der Waals surface area contributed by atoms with Crippen molar-refractivity contribution in [1.82, 2.24) is 10.7 Å². The predicted octanol–water partition coefficient (Wildman–Crippen LogP) is 3.01. The smallest absolute Gasteiger partial charge is 0.329 e. The number of nitrogens with one attached hydrogen (secondary N) is 2. The standard InChI is InChI=1S/C16H13Cl2N3O3/c1-2-7-19-15(22)16(23)21-20-9-11-4-6-14(24-11)10-3-5-12(17)13(18)8-10/h2-6,8-9H,1,7H2,(H,19,22)(H,21,23)/b20-9+. The molecule has 0 spiro atoms. The van der Waals surface area contributed by atoms with Crippen LogP contribution in [0.5, 0.6) is 0 Å². The second-order valence-corrected chi connectivity index (χ2v) is 5.34. The summed E-state index contributed by atoms with van der Waals surface area (Å²) in [6.07, 6.45) is 2.74. The summed E-state index contributed by atoms with van der Waals surface area (Å²) in [6, 6.07) is 8.48. The monoisotopic (exact) mass is 365 g/mol. The van der Waals surface area contributed by atoms with Crippen LogP contribution in [0.2, 0.25) is 10.0 Å². The molecule has 0 aliphatic rings. The Labute approximate surface area is 148 Å². The third kappa shape index (κ3) is 4.71. The van der Waals surface area contributed by atoms with E-state index in [1.807, 2.05) is 0 Å². The van der Waals surface area contributed by atoms with Crippen molar-refractivity contribution in [2.45, 2.75) is 0 Å². The maximum absolute atomic E-state index is 11.4. The zero-order chi connectivity index (χ0) is 17.5. The molecule has 0 aliphatic carbocycles. The number of rotatable bonds is 5. The fourth-order valence-electron chi connectivity index (χ4n) is 1.68. The van der Waals surface area contributed by atoms with Crippen molar-refractivity contribution in [2.24, 2.45) is 5.10 Å². The average Bonchev–Trinajstić information content (AvgIpc) is 3.03. The number of carbonyl (C=O) groups excluding carboxylic acids is 2. The molecule has 1 aromatic heterocycles. The summed E-state index contributed by atoms with van der Waals surface area (Å²) in [5.41, 5.74) is 2.84. The summed E-state index contributed by atoms with van der Waals surface area (Å²) < 4.78 is 5.56. The van der Waals surface area contributed by atoms with Gasteiger partial charge in [0.1, 0.15) is 11.5 Å². The van der Waals surface area contributed by atoms with E-state index < -0.39 is 11.8 Å². The Balaban J connectivity index is 1.98. The van der Waals surface area contributed by atoms with Crippen molar-refractivity contribution in [1.29, 1.82) is 0 Å². The Kier molecular flexibility index (Phi) is 6.17. The minimum atomic E-state index is -0.885. The number of hydrazone groups is 1. The van der Waals surface area contributed by atoms with Gasteiger partial charge in [0.2, 0.25) is 0 Å². The normalized spacial score (nSPS) is 10.6. The van der Waals surface area contributed by atoms with Gasteiger partial charge < -0.3 is 9.73 Å². The first kappa shape index (κ1) is 17.8. The number of benzene rings is 1. The molecule has 2 amide bonds. The maximum atomic E-state index is 11.4. The second kappa shape index (κ2) is 8.33. The van der Waals surface area contributed by atoms with Crippen molar-refractivity contribution >= 4 is 41.2 Å². The molecular weight excluding hydrogens is 353 g/mol. The molecular formula is C16H13Cl2N3O3. The van der Waals surface area contributed by atoms with Crippen LogP contribution in [0.25, 0.3) is 11.3 Å². The molecule has 0 atom stereocenters. The molecule has 0 radical (unpaired) electrons. The molecule has 0 unspecified atom stereocenters. The topological polar surface area (TPSA) is 83.7 Å². The maximum Gasteiger partial charge on any atom is 0.329 e. The van der Waals surface area contributed by atoms with Gasteiger partial charge in [0.15, 0.2) is 0 Å². The van der Waals surface area contributed by atoms with Crippen LogP contribution in [0.4, 0.5) is 0 Å². The number of nitrogens with zero attached hydrogens (tertiary/aromatic N) is 1. The third-order valence-electron chi connectivity index (χ3n) is 2.80. The molecule has 2 N–H and O–H groups in total. The summed E-state index contributed by atoms with van der Waals surface area (Å²) >= 11 is 11.8. The van der Waals surface area contributed by atoms with Gasteiger partial charge >= 0.3 is 11.8 Å². The highest BCUT2D eigenvalue weighted by Gasteiger charge is 2.11. The van der Waals surface area contributed by atoms with Crippen LogP contribution >= 0.6 is 23.2 Å². The van der Waals surface area contributed by atoms with Crippen LogP contribution in [0, 0.1) is 0 Å². The first-order valence-corrected chi connectivity index (χ1v) is 7.54. The zero-order valence-corrected chi connectivity index (χ0v) is 13.9. The first-order valence-electron chi connectivity index (χ1n) is 6.78. The highest BCUT2D eigenvalue weighted by atomic mass is 35.5. The molecule has 0 aliphatic heterocycles. The van der Waals surface area contributed by atoms with Crippen LogP contribution in [-0.2, 0) is 9.59 Å². The van der Waals surface area contributed by atoms with Crippen molar-refractivity contribution in [2.75, 3.05) is 6.54 Å². The molecule has 0 fully saturated rings. The lowest BCUT2D eigenvalue weighted by atomic mass is 10.2. The number of amides is 2. The van der Waals surface area contributed by atoms with E-state index in [4.69, 9.17) is 27.6 Å². The summed E-state index contributed by atoms with van der Waals surface area (Å²) in [5.74, 6) is -0.736. The summed E-state index contributed by atoms with van der Waals surface area (Å²) in [7, 11) is 0. The second-order valence-electron chi connectivity index (χ2n) is 4.53. The van der Waals surface area contributed by atoms with Crippen LogP contribution in [-0.4, -0.2) is 24.6 Å². The molecule has 8 heteroatoms. The van der Waals surface area contributed by atoms with Gasteiger partial charge in [0, 0.05) is 12.1 Å². The fraction of sp³-hybridized carbons (Fsp3) is 0.0625. The predicted molar refractivity (Wildman–Crippen MR) is 93.1 cm³/mol. The van der Waals surface area contributed by atoms with Crippen LogP contribution in [0.3, 0.4) is 0 Å². The quantitative estimate of drug-likeness (QED) is 0.369. The molecule has 0 saturated heterocycles. The SMILES string of the molecule is C=CCNC(=O)C(=O)N/N=C/c1ccc(-c2ccc(Cl)c(Cl)c2)o1. The van der Waals surface area contributed by atoms with Gasteiger partial charge in [-0.2, -0.15) is 5.10 Å². The number of furan rings is 1. The lowest BCUT2D eigenvalue weighted by Crippen LogP contribution is -2.37. The molecule has 2 aromatic rings. The van der Waals surface area contributed by atoms with Gasteiger partial charge in [-0.05, 0) is 30.3 Å². The van der Waals surface area contributed by atoms with E-state index in [0.717, 1.165) is 5.56 Å². The number of halogens is 2. The van der Waals surface area contributed by atoms with Crippen molar-refractivity contribution in [3.05, 3.63) is 58.8 Å². The molecule has 2 rings (SSSR count). The minimum Gasteiger partial charge on any atom is -0.455 e. The van der Waals surface area contributed by atoms with E-state index in [-0.39, 0.29) is 6.54 Å². The Morgan fingerprint density at radius 2 is 1.96 bits per heavy atom. The number of hydrogen-bond donors (Lipinski definition) is 2. The van der Waals surface area contributed by atoms with E-state index in [2.05, 4.69) is 22.4 Å². The van der Waals surface area contributed by atoms with Gasteiger partial charge in [0.25, 0.3) is 0 Å². The van der Waals surface area contributed by atoms with Crippen LogP contribution < -0.4 is 10.7 Å². The summed E-state index contributed by atoms with van der Waals surface area (Å²) in [5, 5.41) is 6.85. The third-order valence-corrected chi connectivity index (χ3v) is 3.54. The van der Waals surface area contributed by atoms with Crippen molar-refractivity contribution in [3.63, 3.8) is 0 Å². The fourth-order valence-corrected chi connectivity index (χ4v) is 1.98. The van der Waals surface area contributed by atoms with E-state index in [1.165, 1.54) is 12.3 Å². The van der Waals surface area contributed by atoms with Crippen LogP contribution in [0.15, 0.2) is 52.5 Å². The van der Waals surface area contributed by atoms with Crippen molar-refractivity contribution < 1.29 is 14.0 Å². The highest BCUT2D eigenvalue weighted by molar-refractivity contribution is 6.42. The van der Waals surface area contributed by atoms with Gasteiger partial charge in [-0.1, -0.05) is 29.3 Å². The first-order chi connectivity index (χ1) is 11.5. The number of carbonyl (C=O) groups is 2. The Hall–Kier alpha value is -2.57. The molecule has 6 nitrogen and oxygen atoms in total. The van der Waals surface area contributed by atoms with E-state index in [9.17, 15) is 9.59 Å². The lowest BCUT2D eigenvalue weighted by Gasteiger charge is -2.00. The Bertz CT molecular complexity index is 800. The van der Waals surface area contributed by atoms with Crippen molar-refractivity contribution in [3.8, 4) is 11.3 Å². The Morgan fingerprint density at radius 1 is 1.17 bits per heavy atom. The average molecular weight is 366 g/mol. The van der Waals surface area contributed by atoms with E-state index in [1.54, 1.807) is 30.3 Å². The number of hydrogen-bond acceptors (Lipinski definition) is 4. The molecule has 1 aromatic carbocycles. The van der Waals surface area contributed by atoms with Gasteiger partial charge in [-0.3, -0.25) is 9.59 Å².